The summed E-state index contributed by atoms with van der Waals surface area (Å²) in [6.07, 6.45) is 2.42. The number of rotatable bonds is 12. The highest BCUT2D eigenvalue weighted by atomic mass is 16.5. The van der Waals surface area contributed by atoms with Gasteiger partial charge in [-0.15, -0.1) is 0 Å². The van der Waals surface area contributed by atoms with E-state index < -0.39 is 6.04 Å². The lowest BCUT2D eigenvalue weighted by Crippen LogP contribution is -2.50. The monoisotopic (exact) mass is 440 g/mol. The topological polar surface area (TPSA) is 67.9 Å². The van der Waals surface area contributed by atoms with Crippen LogP contribution in [0.1, 0.15) is 49.8 Å². The first-order valence-corrected chi connectivity index (χ1v) is 11.3. The molecule has 2 amide bonds. The lowest BCUT2D eigenvalue weighted by molar-refractivity contribution is -0.143. The summed E-state index contributed by atoms with van der Waals surface area (Å²) in [6.45, 7) is 8.77. The van der Waals surface area contributed by atoms with E-state index in [2.05, 4.69) is 12.2 Å². The van der Waals surface area contributed by atoms with Gasteiger partial charge in [-0.05, 0) is 56.0 Å². The van der Waals surface area contributed by atoms with Crippen molar-refractivity contribution in [3.63, 3.8) is 0 Å². The first kappa shape index (κ1) is 25.2. The predicted octanol–water partition coefficient (Wildman–Crippen LogP) is 4.41. The van der Waals surface area contributed by atoms with Gasteiger partial charge in [0, 0.05) is 13.1 Å². The molecule has 1 N–H and O–H groups in total. The molecule has 0 saturated carbocycles. The van der Waals surface area contributed by atoms with Crippen molar-refractivity contribution in [1.29, 1.82) is 0 Å². The number of ether oxygens (including phenoxy) is 2. The lowest BCUT2D eigenvalue weighted by Gasteiger charge is -2.30. The first-order chi connectivity index (χ1) is 15.4. The summed E-state index contributed by atoms with van der Waals surface area (Å²) in [5, 5.41) is 2.97. The van der Waals surface area contributed by atoms with Crippen LogP contribution in [0, 0.1) is 13.8 Å². The van der Waals surface area contributed by atoms with Gasteiger partial charge in [-0.25, -0.2) is 0 Å². The molecule has 0 heterocycles. The zero-order chi connectivity index (χ0) is 23.5. The fourth-order valence-electron chi connectivity index (χ4n) is 3.54. The van der Waals surface area contributed by atoms with Crippen LogP contribution in [0.4, 0.5) is 0 Å². The number of carbonyl (C=O) groups excluding carboxylic acids is 2. The van der Waals surface area contributed by atoms with Crippen LogP contribution < -0.4 is 14.8 Å². The van der Waals surface area contributed by atoms with Crippen molar-refractivity contribution in [2.24, 2.45) is 0 Å². The Morgan fingerprint density at radius 3 is 2.38 bits per heavy atom. The van der Waals surface area contributed by atoms with Gasteiger partial charge in [-0.3, -0.25) is 9.59 Å². The van der Waals surface area contributed by atoms with Crippen molar-refractivity contribution in [3.05, 3.63) is 59.2 Å². The number of aryl methyl sites for hydroxylation is 2. The van der Waals surface area contributed by atoms with E-state index in [9.17, 15) is 9.59 Å². The average molecular weight is 441 g/mol. The second-order valence-corrected chi connectivity index (χ2v) is 8.00. The van der Waals surface area contributed by atoms with Crippen LogP contribution in [-0.2, 0) is 16.1 Å². The van der Waals surface area contributed by atoms with E-state index in [-0.39, 0.29) is 18.4 Å². The molecule has 0 aromatic heterocycles. The summed E-state index contributed by atoms with van der Waals surface area (Å²) in [6, 6.07) is 12.8. The first-order valence-electron chi connectivity index (χ1n) is 11.3. The third kappa shape index (κ3) is 7.29. The summed E-state index contributed by atoms with van der Waals surface area (Å²) < 4.78 is 11.1. The highest BCUT2D eigenvalue weighted by Gasteiger charge is 2.28. The Balaban J connectivity index is 2.19. The maximum Gasteiger partial charge on any atom is 0.261 e. The molecule has 0 aliphatic carbocycles. The Kier molecular flexibility index (Phi) is 10.1. The summed E-state index contributed by atoms with van der Waals surface area (Å²) in [7, 11) is 1.61. The molecule has 2 rings (SSSR count). The molecule has 6 nitrogen and oxygen atoms in total. The number of nitrogens with one attached hydrogen (secondary N) is 1. The zero-order valence-corrected chi connectivity index (χ0v) is 19.9. The van der Waals surface area contributed by atoms with Crippen LogP contribution in [-0.4, -0.2) is 43.0 Å². The third-order valence-electron chi connectivity index (χ3n) is 5.41. The van der Waals surface area contributed by atoms with Gasteiger partial charge in [-0.1, -0.05) is 50.1 Å². The van der Waals surface area contributed by atoms with Crippen molar-refractivity contribution in [2.75, 3.05) is 20.3 Å². The fraction of sp³-hybridized carbons (Fsp3) is 0.462. The number of hydrogen-bond acceptors (Lipinski definition) is 4. The Hall–Kier alpha value is -3.02. The highest BCUT2D eigenvalue weighted by molar-refractivity contribution is 5.88. The van der Waals surface area contributed by atoms with Crippen LogP contribution in [0.3, 0.4) is 0 Å². The Morgan fingerprint density at radius 1 is 1.06 bits per heavy atom. The minimum Gasteiger partial charge on any atom is -0.497 e. The maximum absolute atomic E-state index is 13.3. The lowest BCUT2D eigenvalue weighted by atomic mass is 10.1. The molecule has 0 radical (unpaired) electrons. The van der Waals surface area contributed by atoms with Crippen LogP contribution in [0.2, 0.25) is 0 Å². The molecule has 174 valence electrons. The molecule has 6 heteroatoms. The second-order valence-electron chi connectivity index (χ2n) is 8.00. The van der Waals surface area contributed by atoms with Crippen molar-refractivity contribution >= 4 is 11.8 Å². The second kappa shape index (κ2) is 12.7. The van der Waals surface area contributed by atoms with E-state index >= 15 is 0 Å². The van der Waals surface area contributed by atoms with Gasteiger partial charge in [0.25, 0.3) is 5.91 Å². The third-order valence-corrected chi connectivity index (χ3v) is 5.41. The van der Waals surface area contributed by atoms with E-state index in [0.29, 0.717) is 25.3 Å². The van der Waals surface area contributed by atoms with E-state index in [1.54, 1.807) is 12.0 Å². The number of benzene rings is 2. The molecule has 0 bridgehead atoms. The standard InChI is InChI=1S/C26H36N2O4/c1-6-8-15-27-26(30)23(7-2)28(17-21-10-12-22(31-5)13-11-21)25(29)18-32-24-14-9-19(3)16-20(24)4/h9-14,16,23H,6-8,15,17-18H2,1-5H3,(H,27,30)/t23-/m0/s1. The Morgan fingerprint density at radius 2 is 1.78 bits per heavy atom. The largest absolute Gasteiger partial charge is 0.497 e. The van der Waals surface area contributed by atoms with Crippen LogP contribution in [0.25, 0.3) is 0 Å². The number of unbranched alkanes of at least 4 members (excludes halogenated alkanes) is 1. The van der Waals surface area contributed by atoms with Crippen LogP contribution >= 0.6 is 0 Å². The number of nitrogens with zero attached hydrogens (tertiary/aromatic N) is 1. The molecule has 0 aliphatic heterocycles. The molecule has 0 unspecified atom stereocenters. The van der Waals surface area contributed by atoms with Gasteiger partial charge in [0.1, 0.15) is 17.5 Å². The van der Waals surface area contributed by atoms with Crippen molar-refractivity contribution in [3.8, 4) is 11.5 Å². The van der Waals surface area contributed by atoms with Crippen LogP contribution in [0.15, 0.2) is 42.5 Å². The van der Waals surface area contributed by atoms with E-state index in [1.807, 2.05) is 63.2 Å². The Labute approximate surface area is 191 Å². The number of hydrogen-bond donors (Lipinski definition) is 1. The molecule has 32 heavy (non-hydrogen) atoms. The van der Waals surface area contributed by atoms with Crippen molar-refractivity contribution in [2.45, 2.75) is 59.5 Å². The van der Waals surface area contributed by atoms with Gasteiger partial charge >= 0.3 is 0 Å². The van der Waals surface area contributed by atoms with Gasteiger partial charge in [0.05, 0.1) is 7.11 Å². The van der Waals surface area contributed by atoms with Crippen LogP contribution in [0.5, 0.6) is 11.5 Å². The van der Waals surface area contributed by atoms with Gasteiger partial charge in [0.2, 0.25) is 5.91 Å². The summed E-state index contributed by atoms with van der Waals surface area (Å²) in [5.74, 6) is 1.07. The smallest absolute Gasteiger partial charge is 0.261 e. The van der Waals surface area contributed by atoms with Gasteiger partial charge < -0.3 is 19.7 Å². The zero-order valence-electron chi connectivity index (χ0n) is 19.9. The predicted molar refractivity (Wildman–Crippen MR) is 127 cm³/mol. The molecule has 2 aromatic carbocycles. The van der Waals surface area contributed by atoms with E-state index in [1.165, 1.54) is 0 Å². The van der Waals surface area contributed by atoms with Gasteiger partial charge in [0.15, 0.2) is 6.61 Å². The molecule has 0 aliphatic rings. The maximum atomic E-state index is 13.3. The average Bonchev–Trinajstić information content (AvgIpc) is 2.78. The normalized spacial score (nSPS) is 11.5. The van der Waals surface area contributed by atoms with E-state index in [4.69, 9.17) is 9.47 Å². The highest BCUT2D eigenvalue weighted by Crippen LogP contribution is 2.20. The molecular weight excluding hydrogens is 404 g/mol. The fourth-order valence-corrected chi connectivity index (χ4v) is 3.54. The number of amides is 2. The molecule has 0 spiro atoms. The number of methoxy groups -OCH3 is 1. The molecule has 1 atom stereocenters. The summed E-state index contributed by atoms with van der Waals surface area (Å²) in [5.41, 5.74) is 3.03. The Bertz CT molecular complexity index is 880. The minimum atomic E-state index is -0.566. The quantitative estimate of drug-likeness (QED) is 0.496. The van der Waals surface area contributed by atoms with Gasteiger partial charge in [-0.2, -0.15) is 0 Å². The molecule has 0 fully saturated rings. The van der Waals surface area contributed by atoms with Crippen molar-refractivity contribution in [1.82, 2.24) is 10.2 Å². The summed E-state index contributed by atoms with van der Waals surface area (Å²) in [4.78, 5) is 27.8. The number of carbonyl (C=O) groups is 2. The van der Waals surface area contributed by atoms with Crippen molar-refractivity contribution < 1.29 is 19.1 Å². The molecule has 0 saturated heterocycles. The van der Waals surface area contributed by atoms with E-state index in [0.717, 1.165) is 35.3 Å². The molecular formula is C26H36N2O4. The SMILES string of the molecule is CCCCNC(=O)[C@H](CC)N(Cc1ccc(OC)cc1)C(=O)COc1ccc(C)cc1C. The summed E-state index contributed by atoms with van der Waals surface area (Å²) >= 11 is 0. The molecule has 2 aromatic rings. The minimum absolute atomic E-state index is 0.126.